The zero-order valence-corrected chi connectivity index (χ0v) is 33.9. The number of para-hydroxylation sites is 4. The van der Waals surface area contributed by atoms with Crippen LogP contribution in [0.4, 0.5) is 0 Å². The van der Waals surface area contributed by atoms with Crippen LogP contribution in [0.3, 0.4) is 0 Å². The Bertz CT molecular complexity index is 3230. The monoisotopic (exact) mass is 768 g/mol. The smallest absolute Gasteiger partial charge is 0.0703 e. The van der Waals surface area contributed by atoms with Crippen LogP contribution in [0.25, 0.3) is 55.0 Å². The Morgan fingerprint density at radius 2 is 0.767 bits per heavy atom. The van der Waals surface area contributed by atoms with E-state index in [1.165, 1.54) is 77.0 Å². The van der Waals surface area contributed by atoms with Gasteiger partial charge in [0.25, 0.3) is 0 Å². The summed E-state index contributed by atoms with van der Waals surface area (Å²) >= 11 is 0. The normalized spacial score (nSPS) is 18.9. The molecule has 0 amide bonds. The largest absolute Gasteiger partial charge is 0.309 e. The first-order valence-electron chi connectivity index (χ1n) is 21.1. The van der Waals surface area contributed by atoms with Gasteiger partial charge in [-0.15, -0.1) is 0 Å². The van der Waals surface area contributed by atoms with Crippen molar-refractivity contribution in [3.63, 3.8) is 0 Å². The second-order valence-corrected chi connectivity index (χ2v) is 15.7. The molecule has 60 heavy (non-hydrogen) atoms. The van der Waals surface area contributed by atoms with Gasteiger partial charge in [0.2, 0.25) is 0 Å². The summed E-state index contributed by atoms with van der Waals surface area (Å²) in [4.78, 5) is 0. The zero-order valence-electron chi connectivity index (χ0n) is 33.9. The van der Waals surface area contributed by atoms with Crippen molar-refractivity contribution < 1.29 is 0 Å². The molecule has 2 aliphatic rings. The van der Waals surface area contributed by atoms with Crippen molar-refractivity contribution >= 4 is 43.6 Å². The Kier molecular flexibility index (Phi) is 8.25. The SMILES string of the molecule is C=C1/C=C\C=C/C2(c3cccc(-n4c5ccccc5c5ccccc54)c3)c3ccccc3C1(c1cccc(-n3c4ccccc4c4ccccc43)c1)c1ccccc12.CC. The average Bonchev–Trinajstić information content (AvgIpc) is 3.86. The molecule has 0 fully saturated rings. The summed E-state index contributed by atoms with van der Waals surface area (Å²) in [7, 11) is 0. The third-order valence-electron chi connectivity index (χ3n) is 13.0. The van der Waals surface area contributed by atoms with Crippen molar-refractivity contribution in [3.05, 3.63) is 264 Å². The van der Waals surface area contributed by atoms with E-state index >= 15 is 0 Å². The third kappa shape index (κ3) is 4.82. The summed E-state index contributed by atoms with van der Waals surface area (Å²) in [6.07, 6.45) is 9.08. The number of aromatic nitrogens is 2. The third-order valence-corrected chi connectivity index (χ3v) is 13.0. The van der Waals surface area contributed by atoms with E-state index < -0.39 is 10.8 Å². The van der Waals surface area contributed by atoms with Gasteiger partial charge in [-0.1, -0.05) is 190 Å². The lowest BCUT2D eigenvalue weighted by molar-refractivity contribution is 0.629. The molecule has 0 aliphatic heterocycles. The van der Waals surface area contributed by atoms with Gasteiger partial charge in [0, 0.05) is 32.9 Å². The number of rotatable bonds is 4. The van der Waals surface area contributed by atoms with Crippen molar-refractivity contribution in [2.75, 3.05) is 0 Å². The van der Waals surface area contributed by atoms with Crippen molar-refractivity contribution in [3.8, 4) is 11.4 Å². The Morgan fingerprint density at radius 1 is 0.383 bits per heavy atom. The predicted molar refractivity (Wildman–Crippen MR) is 253 cm³/mol. The number of fused-ring (bicyclic) bond motifs is 9. The molecule has 0 unspecified atom stereocenters. The molecule has 2 heterocycles. The first kappa shape index (κ1) is 35.7. The number of hydrogen-bond donors (Lipinski definition) is 0. The van der Waals surface area contributed by atoms with E-state index in [2.05, 4.69) is 228 Å². The van der Waals surface area contributed by atoms with Crippen LogP contribution in [-0.2, 0) is 10.8 Å². The topological polar surface area (TPSA) is 9.86 Å². The molecule has 2 aromatic heterocycles. The molecule has 2 heteroatoms. The minimum absolute atomic E-state index is 0.592. The van der Waals surface area contributed by atoms with Crippen molar-refractivity contribution in [1.29, 1.82) is 0 Å². The number of nitrogens with zero attached hydrogens (tertiary/aromatic N) is 2. The van der Waals surface area contributed by atoms with E-state index in [1.807, 2.05) is 13.8 Å². The molecule has 0 saturated heterocycles. The highest BCUT2D eigenvalue weighted by Crippen LogP contribution is 2.59. The molecule has 2 nitrogen and oxygen atoms in total. The quantitative estimate of drug-likeness (QED) is 0.169. The van der Waals surface area contributed by atoms with Gasteiger partial charge in [-0.3, -0.25) is 0 Å². The minimum Gasteiger partial charge on any atom is -0.309 e. The maximum absolute atomic E-state index is 4.94. The maximum Gasteiger partial charge on any atom is 0.0703 e. The Morgan fingerprint density at radius 3 is 1.23 bits per heavy atom. The molecule has 12 rings (SSSR count). The summed E-state index contributed by atoms with van der Waals surface area (Å²) in [5.41, 5.74) is 14.3. The van der Waals surface area contributed by atoms with Crippen LogP contribution in [0.1, 0.15) is 47.2 Å². The molecular formula is C58H44N2. The highest BCUT2D eigenvalue weighted by Gasteiger charge is 2.52. The standard InChI is InChI=1S/C56H38N2.C2H6/c1-38-18-14-15-35-55(39-19-16-21-41(36-39)57-51-31-10-2-23-43(51)44-24-3-11-32-52(44)57)47-27-6-8-29-49(47)56(38,50-30-9-7-28-48(50)55)40-20-17-22-42(37-40)58-53-33-12-4-25-45(53)46-26-5-13-34-54(46)58;1-2/h2-37H,1H2;1-2H3/b18-14-,35-15-;. The molecule has 2 aliphatic carbocycles. The molecule has 0 saturated carbocycles. The van der Waals surface area contributed by atoms with Gasteiger partial charge < -0.3 is 9.13 Å². The first-order valence-corrected chi connectivity index (χ1v) is 21.1. The lowest BCUT2D eigenvalue weighted by Gasteiger charge is -2.49. The lowest BCUT2D eigenvalue weighted by atomic mass is 9.52. The lowest BCUT2D eigenvalue weighted by Crippen LogP contribution is -2.44. The van der Waals surface area contributed by atoms with E-state index in [4.69, 9.17) is 6.58 Å². The highest BCUT2D eigenvalue weighted by molar-refractivity contribution is 6.10. The van der Waals surface area contributed by atoms with Crippen LogP contribution in [0.5, 0.6) is 0 Å². The highest BCUT2D eigenvalue weighted by atomic mass is 15.0. The molecule has 0 N–H and O–H groups in total. The Hall–Kier alpha value is -7.42. The van der Waals surface area contributed by atoms with E-state index in [-0.39, 0.29) is 0 Å². The van der Waals surface area contributed by atoms with Crippen LogP contribution in [0.2, 0.25) is 0 Å². The van der Waals surface area contributed by atoms with E-state index in [9.17, 15) is 0 Å². The van der Waals surface area contributed by atoms with E-state index in [0.29, 0.717) is 0 Å². The predicted octanol–water partition coefficient (Wildman–Crippen LogP) is 14.6. The summed E-state index contributed by atoms with van der Waals surface area (Å²) < 4.78 is 4.85. The number of allylic oxidation sites excluding steroid dienone is 5. The van der Waals surface area contributed by atoms with Gasteiger partial charge in [-0.2, -0.15) is 0 Å². The molecule has 2 bridgehead atoms. The maximum atomic E-state index is 4.94. The van der Waals surface area contributed by atoms with Crippen LogP contribution in [0, 0.1) is 0 Å². The van der Waals surface area contributed by atoms with Crippen LogP contribution >= 0.6 is 0 Å². The molecule has 8 aromatic carbocycles. The molecular weight excluding hydrogens is 725 g/mol. The molecule has 0 atom stereocenters. The fraction of sp³-hybridized carbons (Fsp3) is 0.0690. The first-order chi connectivity index (χ1) is 29.7. The Balaban J connectivity index is 0.00000201. The zero-order chi connectivity index (χ0) is 40.4. The van der Waals surface area contributed by atoms with Crippen LogP contribution < -0.4 is 0 Å². The second kappa shape index (κ2) is 13.9. The summed E-state index contributed by atoms with van der Waals surface area (Å²) in [6.45, 7) is 8.94. The van der Waals surface area contributed by atoms with Gasteiger partial charge in [-0.25, -0.2) is 0 Å². The fourth-order valence-electron chi connectivity index (χ4n) is 10.7. The summed E-state index contributed by atoms with van der Waals surface area (Å²) in [6, 6.07) is 71.7. The van der Waals surface area contributed by atoms with Crippen molar-refractivity contribution in [2.45, 2.75) is 24.7 Å². The summed E-state index contributed by atoms with van der Waals surface area (Å²) in [5.74, 6) is 0. The second-order valence-electron chi connectivity index (χ2n) is 15.7. The van der Waals surface area contributed by atoms with Crippen LogP contribution in [-0.4, -0.2) is 9.13 Å². The average molecular weight is 769 g/mol. The molecule has 10 aromatic rings. The van der Waals surface area contributed by atoms with Crippen LogP contribution in [0.15, 0.2) is 231 Å². The van der Waals surface area contributed by atoms with Crippen molar-refractivity contribution in [1.82, 2.24) is 9.13 Å². The van der Waals surface area contributed by atoms with Gasteiger partial charge >= 0.3 is 0 Å². The summed E-state index contributed by atoms with van der Waals surface area (Å²) in [5, 5.41) is 5.02. The molecule has 0 radical (unpaired) electrons. The van der Waals surface area contributed by atoms with E-state index in [1.54, 1.807) is 0 Å². The van der Waals surface area contributed by atoms with Gasteiger partial charge in [0.1, 0.15) is 0 Å². The molecule has 286 valence electrons. The Labute approximate surface area is 351 Å². The minimum atomic E-state index is -0.668. The molecule has 0 spiro atoms. The van der Waals surface area contributed by atoms with E-state index in [0.717, 1.165) is 16.9 Å². The van der Waals surface area contributed by atoms with Gasteiger partial charge in [-0.05, 0) is 87.5 Å². The van der Waals surface area contributed by atoms with Gasteiger partial charge in [0.15, 0.2) is 0 Å². The van der Waals surface area contributed by atoms with Crippen molar-refractivity contribution in [2.24, 2.45) is 0 Å². The number of benzene rings is 8. The fourth-order valence-corrected chi connectivity index (χ4v) is 10.7. The van der Waals surface area contributed by atoms with Gasteiger partial charge in [0.05, 0.1) is 32.9 Å². The number of hydrogen-bond acceptors (Lipinski definition) is 0.